The van der Waals surface area contributed by atoms with Gasteiger partial charge in [0.2, 0.25) is 0 Å². The smallest absolute Gasteiger partial charge is 0.0300 e. The maximum Gasteiger partial charge on any atom is 0.0300 e. The molecule has 0 atom stereocenters. The van der Waals surface area contributed by atoms with Crippen LogP contribution >= 0.6 is 27.3 Å². The highest BCUT2D eigenvalue weighted by molar-refractivity contribution is 9.10. The van der Waals surface area contributed by atoms with Crippen LogP contribution in [0, 0.1) is 0 Å². The van der Waals surface area contributed by atoms with Crippen molar-refractivity contribution in [1.82, 2.24) is 5.32 Å². The number of hydrogen-bond acceptors (Lipinski definition) is 3. The highest BCUT2D eigenvalue weighted by Gasteiger charge is 2.31. The van der Waals surface area contributed by atoms with Crippen LogP contribution in [-0.4, -0.2) is 12.1 Å². The van der Waals surface area contributed by atoms with Crippen molar-refractivity contribution in [2.24, 2.45) is 5.73 Å². The zero-order valence-electron chi connectivity index (χ0n) is 8.76. The Kier molecular flexibility index (Phi) is 3.83. The predicted octanol–water partition coefficient (Wildman–Crippen LogP) is 2.87. The standard InChI is InChI=1S/C11H17BrN2S/c12-9-6-10(15-8-9)7-14-5-4-11(13)2-1-3-11/h6,8,14H,1-5,7,13H2. The fraction of sp³-hybridized carbons (Fsp3) is 0.636. The van der Waals surface area contributed by atoms with Gasteiger partial charge < -0.3 is 11.1 Å². The molecule has 15 heavy (non-hydrogen) atoms. The summed E-state index contributed by atoms with van der Waals surface area (Å²) in [5, 5.41) is 5.57. The molecule has 1 heterocycles. The fourth-order valence-corrected chi connectivity index (χ4v) is 3.30. The van der Waals surface area contributed by atoms with Gasteiger partial charge in [-0.05, 0) is 54.2 Å². The van der Waals surface area contributed by atoms with Crippen LogP contribution in [0.1, 0.15) is 30.6 Å². The van der Waals surface area contributed by atoms with E-state index in [9.17, 15) is 0 Å². The van der Waals surface area contributed by atoms with Gasteiger partial charge in [0.1, 0.15) is 0 Å². The van der Waals surface area contributed by atoms with Crippen molar-refractivity contribution in [3.05, 3.63) is 20.8 Å². The second-order valence-electron chi connectivity index (χ2n) is 4.37. The molecular weight excluding hydrogens is 272 g/mol. The summed E-state index contributed by atoms with van der Waals surface area (Å²) in [4.78, 5) is 1.38. The normalized spacial score (nSPS) is 18.8. The van der Waals surface area contributed by atoms with Gasteiger partial charge in [-0.2, -0.15) is 0 Å². The van der Waals surface area contributed by atoms with Crippen LogP contribution in [-0.2, 0) is 6.54 Å². The van der Waals surface area contributed by atoms with Gasteiger partial charge in [-0.25, -0.2) is 0 Å². The average Bonchev–Trinajstić information content (AvgIpc) is 2.56. The third-order valence-corrected chi connectivity index (χ3v) is 4.77. The van der Waals surface area contributed by atoms with Gasteiger partial charge in [0.15, 0.2) is 0 Å². The molecule has 1 fully saturated rings. The molecule has 1 saturated carbocycles. The number of nitrogens with one attached hydrogen (secondary N) is 1. The van der Waals surface area contributed by atoms with E-state index in [1.54, 1.807) is 11.3 Å². The lowest BCUT2D eigenvalue weighted by Gasteiger charge is -2.38. The van der Waals surface area contributed by atoms with Gasteiger partial charge >= 0.3 is 0 Å². The third kappa shape index (κ3) is 3.28. The highest BCUT2D eigenvalue weighted by Crippen LogP contribution is 2.31. The fourth-order valence-electron chi connectivity index (χ4n) is 1.88. The molecule has 0 radical (unpaired) electrons. The van der Waals surface area contributed by atoms with Crippen molar-refractivity contribution in [2.75, 3.05) is 6.54 Å². The molecule has 1 aliphatic carbocycles. The Hall–Kier alpha value is 0.1000. The number of nitrogens with two attached hydrogens (primary N) is 1. The molecule has 84 valence electrons. The van der Waals surface area contributed by atoms with Crippen molar-refractivity contribution in [1.29, 1.82) is 0 Å². The van der Waals surface area contributed by atoms with Crippen LogP contribution in [0.3, 0.4) is 0 Å². The second-order valence-corrected chi connectivity index (χ2v) is 6.29. The lowest BCUT2D eigenvalue weighted by molar-refractivity contribution is 0.229. The van der Waals surface area contributed by atoms with Crippen LogP contribution in [0.2, 0.25) is 0 Å². The van der Waals surface area contributed by atoms with Crippen LogP contribution in [0.15, 0.2) is 15.9 Å². The van der Waals surface area contributed by atoms with Crippen LogP contribution in [0.25, 0.3) is 0 Å². The van der Waals surface area contributed by atoms with E-state index in [-0.39, 0.29) is 5.54 Å². The first-order valence-electron chi connectivity index (χ1n) is 5.40. The van der Waals surface area contributed by atoms with Gasteiger partial charge in [0, 0.05) is 26.8 Å². The van der Waals surface area contributed by atoms with Crippen molar-refractivity contribution >= 4 is 27.3 Å². The highest BCUT2D eigenvalue weighted by atomic mass is 79.9. The maximum atomic E-state index is 6.14. The molecular formula is C11H17BrN2S. The van der Waals surface area contributed by atoms with Crippen molar-refractivity contribution in [3.8, 4) is 0 Å². The molecule has 1 aliphatic rings. The van der Waals surface area contributed by atoms with Gasteiger partial charge in [-0.1, -0.05) is 0 Å². The SMILES string of the molecule is NC1(CCNCc2cc(Br)cs2)CCC1. The molecule has 1 aromatic heterocycles. The summed E-state index contributed by atoms with van der Waals surface area (Å²) in [6.07, 6.45) is 4.84. The Bertz CT molecular complexity index is 320. The van der Waals surface area contributed by atoms with Crippen LogP contribution in [0.5, 0.6) is 0 Å². The topological polar surface area (TPSA) is 38.0 Å². The number of thiophene rings is 1. The van der Waals surface area contributed by atoms with E-state index in [0.29, 0.717) is 0 Å². The largest absolute Gasteiger partial charge is 0.325 e. The third-order valence-electron chi connectivity index (χ3n) is 3.07. The summed E-state index contributed by atoms with van der Waals surface area (Å²) >= 11 is 5.24. The Morgan fingerprint density at radius 3 is 2.87 bits per heavy atom. The summed E-state index contributed by atoms with van der Waals surface area (Å²) in [6.45, 7) is 2.00. The van der Waals surface area contributed by atoms with Gasteiger partial charge in [0.05, 0.1) is 0 Å². The van der Waals surface area contributed by atoms with E-state index < -0.39 is 0 Å². The predicted molar refractivity (Wildman–Crippen MR) is 69.1 cm³/mol. The first-order valence-corrected chi connectivity index (χ1v) is 7.08. The van der Waals surface area contributed by atoms with Crippen molar-refractivity contribution < 1.29 is 0 Å². The minimum absolute atomic E-state index is 0.156. The molecule has 2 rings (SSSR count). The van der Waals surface area contributed by atoms with Gasteiger partial charge in [-0.3, -0.25) is 0 Å². The van der Waals surface area contributed by atoms with E-state index in [4.69, 9.17) is 5.73 Å². The van der Waals surface area contributed by atoms with E-state index in [1.165, 1.54) is 28.6 Å². The van der Waals surface area contributed by atoms with Crippen molar-refractivity contribution in [3.63, 3.8) is 0 Å². The first kappa shape index (κ1) is 11.6. The number of rotatable bonds is 5. The Morgan fingerprint density at radius 1 is 1.53 bits per heavy atom. The zero-order valence-corrected chi connectivity index (χ0v) is 11.2. The Balaban J connectivity index is 1.63. The van der Waals surface area contributed by atoms with E-state index in [2.05, 4.69) is 32.7 Å². The summed E-state index contributed by atoms with van der Waals surface area (Å²) in [5.41, 5.74) is 6.30. The average molecular weight is 289 g/mol. The first-order chi connectivity index (χ1) is 7.18. The number of halogens is 1. The second kappa shape index (κ2) is 4.95. The molecule has 0 amide bonds. The minimum atomic E-state index is 0.156. The Labute approximate surface area is 103 Å². The zero-order chi connectivity index (χ0) is 10.7. The molecule has 4 heteroatoms. The molecule has 0 bridgehead atoms. The summed E-state index contributed by atoms with van der Waals surface area (Å²) in [7, 11) is 0. The molecule has 1 aromatic rings. The maximum absolute atomic E-state index is 6.14. The molecule has 2 nitrogen and oxygen atoms in total. The van der Waals surface area contributed by atoms with Crippen molar-refractivity contribution in [2.45, 2.75) is 37.8 Å². The molecule has 0 aliphatic heterocycles. The number of hydrogen-bond donors (Lipinski definition) is 2. The summed E-state index contributed by atoms with van der Waals surface area (Å²) < 4.78 is 1.18. The summed E-state index contributed by atoms with van der Waals surface area (Å²) in [5.74, 6) is 0. The molecule has 0 unspecified atom stereocenters. The molecule has 3 N–H and O–H groups in total. The summed E-state index contributed by atoms with van der Waals surface area (Å²) in [6, 6.07) is 2.17. The van der Waals surface area contributed by atoms with E-state index in [0.717, 1.165) is 19.5 Å². The quantitative estimate of drug-likeness (QED) is 0.818. The Morgan fingerprint density at radius 2 is 2.33 bits per heavy atom. The van der Waals surface area contributed by atoms with E-state index >= 15 is 0 Å². The van der Waals surface area contributed by atoms with Crippen LogP contribution in [0.4, 0.5) is 0 Å². The molecule has 0 spiro atoms. The van der Waals surface area contributed by atoms with E-state index in [1.807, 2.05) is 0 Å². The van der Waals surface area contributed by atoms with Gasteiger partial charge in [-0.15, -0.1) is 11.3 Å². The van der Waals surface area contributed by atoms with Gasteiger partial charge in [0.25, 0.3) is 0 Å². The molecule has 0 saturated heterocycles. The lowest BCUT2D eigenvalue weighted by Crippen LogP contribution is -2.48. The minimum Gasteiger partial charge on any atom is -0.325 e. The lowest BCUT2D eigenvalue weighted by atomic mass is 9.75. The monoisotopic (exact) mass is 288 g/mol. The molecule has 0 aromatic carbocycles. The van der Waals surface area contributed by atoms with Crippen LogP contribution < -0.4 is 11.1 Å².